The van der Waals surface area contributed by atoms with Crippen molar-refractivity contribution in [2.24, 2.45) is 23.1 Å². The molecule has 32 heavy (non-hydrogen) atoms. The lowest BCUT2D eigenvalue weighted by Crippen LogP contribution is -2.59. The zero-order valence-electron chi connectivity index (χ0n) is 18.0. The SMILES string of the molecule is CCC(C)C(NC(=O)C(N)CC(N)=O)C(=O)NC(CO)C(=O)NC(CCC(N)=O)C(=O)O. The van der Waals surface area contributed by atoms with Crippen LogP contribution in [-0.4, -0.2) is 76.5 Å². The van der Waals surface area contributed by atoms with Gasteiger partial charge in [-0.25, -0.2) is 4.79 Å². The first kappa shape index (κ1) is 28.7. The zero-order valence-corrected chi connectivity index (χ0v) is 18.0. The van der Waals surface area contributed by atoms with Gasteiger partial charge in [0.1, 0.15) is 18.1 Å². The minimum Gasteiger partial charge on any atom is -0.480 e. The van der Waals surface area contributed by atoms with Gasteiger partial charge >= 0.3 is 5.97 Å². The number of nitrogens with one attached hydrogen (secondary N) is 3. The number of rotatable bonds is 15. The Morgan fingerprint density at radius 1 is 0.875 bits per heavy atom. The van der Waals surface area contributed by atoms with Gasteiger partial charge in [0, 0.05) is 6.42 Å². The predicted molar refractivity (Wildman–Crippen MR) is 110 cm³/mol. The molecule has 14 heteroatoms. The number of aliphatic carboxylic acids is 1. The summed E-state index contributed by atoms with van der Waals surface area (Å²) < 4.78 is 0. The number of amides is 5. The summed E-state index contributed by atoms with van der Waals surface area (Å²) in [6.45, 7) is 2.51. The zero-order chi connectivity index (χ0) is 25.0. The number of aliphatic hydroxyl groups is 1. The van der Waals surface area contributed by atoms with Crippen molar-refractivity contribution in [3.05, 3.63) is 0 Å². The van der Waals surface area contributed by atoms with Gasteiger partial charge in [-0.3, -0.25) is 24.0 Å². The third-order valence-corrected chi connectivity index (χ3v) is 4.66. The van der Waals surface area contributed by atoms with Crippen LogP contribution in [0.3, 0.4) is 0 Å². The lowest BCUT2D eigenvalue weighted by atomic mass is 9.97. The van der Waals surface area contributed by atoms with E-state index < -0.39 is 78.6 Å². The van der Waals surface area contributed by atoms with E-state index in [4.69, 9.17) is 22.3 Å². The van der Waals surface area contributed by atoms with E-state index in [1.165, 1.54) is 0 Å². The summed E-state index contributed by atoms with van der Waals surface area (Å²) in [6, 6.07) is -5.47. The quantitative estimate of drug-likeness (QED) is 0.118. The second kappa shape index (κ2) is 13.9. The molecule has 0 heterocycles. The van der Waals surface area contributed by atoms with Crippen molar-refractivity contribution in [1.29, 1.82) is 0 Å². The Labute approximate surface area is 184 Å². The van der Waals surface area contributed by atoms with Gasteiger partial charge in [0.25, 0.3) is 0 Å². The second-order valence-corrected chi connectivity index (χ2v) is 7.30. The van der Waals surface area contributed by atoms with Gasteiger partial charge in [-0.15, -0.1) is 0 Å². The highest BCUT2D eigenvalue weighted by atomic mass is 16.4. The van der Waals surface area contributed by atoms with Crippen molar-refractivity contribution in [3.63, 3.8) is 0 Å². The van der Waals surface area contributed by atoms with Gasteiger partial charge in [0.05, 0.1) is 19.1 Å². The van der Waals surface area contributed by atoms with E-state index in [0.29, 0.717) is 6.42 Å². The number of nitrogens with two attached hydrogens (primary N) is 3. The van der Waals surface area contributed by atoms with Crippen LogP contribution in [0, 0.1) is 5.92 Å². The fourth-order valence-corrected chi connectivity index (χ4v) is 2.54. The molecule has 0 saturated heterocycles. The molecule has 0 aliphatic carbocycles. The normalized spacial score (nSPS) is 15.4. The molecule has 0 aromatic rings. The molecule has 0 rings (SSSR count). The highest BCUT2D eigenvalue weighted by molar-refractivity contribution is 5.95. The minimum absolute atomic E-state index is 0.286. The lowest BCUT2D eigenvalue weighted by molar-refractivity contribution is -0.143. The number of carbonyl (C=O) groups is 6. The van der Waals surface area contributed by atoms with Crippen molar-refractivity contribution in [1.82, 2.24) is 16.0 Å². The Balaban J connectivity index is 5.30. The third kappa shape index (κ3) is 10.2. The van der Waals surface area contributed by atoms with Gasteiger partial charge in [-0.1, -0.05) is 20.3 Å². The Morgan fingerprint density at radius 3 is 1.88 bits per heavy atom. The number of hydrogen-bond donors (Lipinski definition) is 8. The van der Waals surface area contributed by atoms with Crippen LogP contribution in [0.4, 0.5) is 0 Å². The average molecular weight is 460 g/mol. The molecular weight excluding hydrogens is 428 g/mol. The highest BCUT2D eigenvalue weighted by Gasteiger charge is 2.32. The molecule has 0 spiro atoms. The van der Waals surface area contributed by atoms with Crippen LogP contribution >= 0.6 is 0 Å². The van der Waals surface area contributed by atoms with Gasteiger partial charge < -0.3 is 43.4 Å². The number of carbonyl (C=O) groups excluding carboxylic acids is 5. The van der Waals surface area contributed by atoms with Crippen molar-refractivity contribution in [2.75, 3.05) is 6.61 Å². The van der Waals surface area contributed by atoms with Crippen LogP contribution < -0.4 is 33.2 Å². The summed E-state index contributed by atoms with van der Waals surface area (Å²) in [7, 11) is 0. The topological polar surface area (TPSA) is 257 Å². The molecule has 5 amide bonds. The molecule has 0 saturated carbocycles. The number of hydrogen-bond acceptors (Lipinski definition) is 8. The minimum atomic E-state index is -1.54. The summed E-state index contributed by atoms with van der Waals surface area (Å²) in [5.74, 6) is -6.10. The van der Waals surface area contributed by atoms with E-state index in [-0.39, 0.29) is 12.8 Å². The fraction of sp³-hybridized carbons (Fsp3) is 0.667. The predicted octanol–water partition coefficient (Wildman–Crippen LogP) is -3.97. The van der Waals surface area contributed by atoms with Crippen molar-refractivity contribution in [3.8, 4) is 0 Å². The van der Waals surface area contributed by atoms with Crippen LogP contribution in [-0.2, 0) is 28.8 Å². The van der Waals surface area contributed by atoms with E-state index in [0.717, 1.165) is 0 Å². The number of primary amides is 2. The molecule has 11 N–H and O–H groups in total. The summed E-state index contributed by atoms with van der Waals surface area (Å²) in [4.78, 5) is 70.3. The van der Waals surface area contributed by atoms with E-state index >= 15 is 0 Å². The summed E-state index contributed by atoms with van der Waals surface area (Å²) in [6.07, 6.45) is -0.593. The largest absolute Gasteiger partial charge is 0.480 e. The molecule has 0 aliphatic heterocycles. The molecule has 5 unspecified atom stereocenters. The Bertz CT molecular complexity index is 716. The maximum absolute atomic E-state index is 12.7. The summed E-state index contributed by atoms with van der Waals surface area (Å²) in [5, 5.41) is 25.4. The molecular formula is C18H32N6O8. The second-order valence-electron chi connectivity index (χ2n) is 7.30. The summed E-state index contributed by atoms with van der Waals surface area (Å²) in [5.41, 5.74) is 15.6. The Kier molecular flexibility index (Phi) is 12.5. The van der Waals surface area contributed by atoms with Gasteiger partial charge in [-0.2, -0.15) is 0 Å². The molecule has 0 aromatic heterocycles. The first-order chi connectivity index (χ1) is 14.8. The Morgan fingerprint density at radius 2 is 1.44 bits per heavy atom. The molecule has 0 aromatic carbocycles. The molecule has 0 bridgehead atoms. The van der Waals surface area contributed by atoms with Crippen molar-refractivity contribution in [2.45, 2.75) is 63.7 Å². The molecule has 0 fully saturated rings. The van der Waals surface area contributed by atoms with E-state index in [1.54, 1.807) is 13.8 Å². The maximum Gasteiger partial charge on any atom is 0.326 e. The van der Waals surface area contributed by atoms with Crippen LogP contribution in [0.15, 0.2) is 0 Å². The van der Waals surface area contributed by atoms with Gasteiger partial charge in [0.15, 0.2) is 0 Å². The number of carboxylic acid groups (broad SMARTS) is 1. The highest BCUT2D eigenvalue weighted by Crippen LogP contribution is 2.09. The summed E-state index contributed by atoms with van der Waals surface area (Å²) >= 11 is 0. The standard InChI is InChI=1S/C18H32N6O8/c1-3-8(2)14(24-15(28)9(19)6-13(21)27)17(30)23-11(7-25)16(29)22-10(18(31)32)4-5-12(20)26/h8-11,14,25H,3-7,19H2,1-2H3,(H2,20,26)(H2,21,27)(H,22,29)(H,23,30)(H,24,28)(H,31,32). The molecule has 182 valence electrons. The van der Waals surface area contributed by atoms with E-state index in [9.17, 15) is 33.9 Å². The van der Waals surface area contributed by atoms with Crippen molar-refractivity contribution < 1.29 is 39.0 Å². The molecule has 14 nitrogen and oxygen atoms in total. The molecule has 5 atom stereocenters. The maximum atomic E-state index is 12.7. The fourth-order valence-electron chi connectivity index (χ4n) is 2.54. The number of carboxylic acids is 1. The average Bonchev–Trinajstić information content (AvgIpc) is 2.70. The lowest BCUT2D eigenvalue weighted by Gasteiger charge is -2.27. The van der Waals surface area contributed by atoms with E-state index in [1.807, 2.05) is 0 Å². The van der Waals surface area contributed by atoms with E-state index in [2.05, 4.69) is 16.0 Å². The number of aliphatic hydroxyl groups excluding tert-OH is 1. The van der Waals surface area contributed by atoms with Gasteiger partial charge in [-0.05, 0) is 12.3 Å². The van der Waals surface area contributed by atoms with Crippen molar-refractivity contribution >= 4 is 35.5 Å². The van der Waals surface area contributed by atoms with Crippen LogP contribution in [0.2, 0.25) is 0 Å². The smallest absolute Gasteiger partial charge is 0.326 e. The van der Waals surface area contributed by atoms with Gasteiger partial charge in [0.2, 0.25) is 29.5 Å². The van der Waals surface area contributed by atoms with Crippen LogP contribution in [0.5, 0.6) is 0 Å². The molecule has 0 aliphatic rings. The first-order valence-electron chi connectivity index (χ1n) is 9.90. The molecule has 0 radical (unpaired) electrons. The first-order valence-corrected chi connectivity index (χ1v) is 9.90. The third-order valence-electron chi connectivity index (χ3n) is 4.66. The van der Waals surface area contributed by atoms with Crippen LogP contribution in [0.1, 0.15) is 39.5 Å². The Hall–Kier alpha value is -3.26. The monoisotopic (exact) mass is 460 g/mol. The van der Waals surface area contributed by atoms with Crippen LogP contribution in [0.25, 0.3) is 0 Å².